The fraction of sp³-hybridized carbons (Fsp3) is 0.0769. The molecular formula is C13H9F3N2O2. The monoisotopic (exact) mass is 282 g/mol. The Hall–Kier alpha value is -2.57. The molecule has 20 heavy (non-hydrogen) atoms. The average molecular weight is 282 g/mol. The van der Waals surface area contributed by atoms with Gasteiger partial charge in [0.25, 0.3) is 5.56 Å². The third kappa shape index (κ3) is 2.56. The number of aromatic nitrogens is 1. The molecule has 0 atom stereocenters. The number of alkyl halides is 3. The fourth-order valence-electron chi connectivity index (χ4n) is 1.65. The molecule has 3 N–H and O–H groups in total. The summed E-state index contributed by atoms with van der Waals surface area (Å²) in [6.07, 6.45) is -3.22. The van der Waals surface area contributed by atoms with Gasteiger partial charge in [-0.3, -0.25) is 9.59 Å². The normalized spacial score (nSPS) is 11.3. The molecule has 0 saturated heterocycles. The van der Waals surface area contributed by atoms with Crippen LogP contribution >= 0.6 is 0 Å². The summed E-state index contributed by atoms with van der Waals surface area (Å²) in [6.45, 7) is 0. The van der Waals surface area contributed by atoms with Crippen LogP contribution in [-0.4, -0.2) is 10.8 Å². The number of anilines is 1. The van der Waals surface area contributed by atoms with Crippen molar-refractivity contribution in [3.8, 4) is 0 Å². The van der Waals surface area contributed by atoms with Crippen molar-refractivity contribution in [3.05, 3.63) is 63.6 Å². The molecule has 0 aliphatic heterocycles. The molecule has 104 valence electrons. The Bertz CT molecular complexity index is 703. The first kappa shape index (κ1) is 13.9. The van der Waals surface area contributed by atoms with Crippen LogP contribution in [0.2, 0.25) is 0 Å². The lowest BCUT2D eigenvalue weighted by molar-refractivity contribution is -0.137. The van der Waals surface area contributed by atoms with Crippen LogP contribution in [0, 0.1) is 0 Å². The van der Waals surface area contributed by atoms with Gasteiger partial charge in [-0.15, -0.1) is 0 Å². The van der Waals surface area contributed by atoms with Crippen LogP contribution in [-0.2, 0) is 6.18 Å². The van der Waals surface area contributed by atoms with Gasteiger partial charge in [0.2, 0.25) is 0 Å². The molecule has 0 amide bonds. The van der Waals surface area contributed by atoms with E-state index in [1.807, 2.05) is 0 Å². The van der Waals surface area contributed by atoms with E-state index in [9.17, 15) is 22.8 Å². The predicted octanol–water partition coefficient (Wildman–Crippen LogP) is 2.21. The summed E-state index contributed by atoms with van der Waals surface area (Å²) < 4.78 is 37.2. The number of H-pyrrole nitrogens is 1. The summed E-state index contributed by atoms with van der Waals surface area (Å²) >= 11 is 0. The van der Waals surface area contributed by atoms with Gasteiger partial charge in [-0.2, -0.15) is 13.2 Å². The quantitative estimate of drug-likeness (QED) is 0.829. The Labute approximate surface area is 111 Å². The number of halogens is 3. The van der Waals surface area contributed by atoms with Gasteiger partial charge in [-0.05, 0) is 18.2 Å². The van der Waals surface area contributed by atoms with E-state index >= 15 is 0 Å². The summed E-state index contributed by atoms with van der Waals surface area (Å²) in [5.41, 5.74) is 3.71. The van der Waals surface area contributed by atoms with Crippen molar-refractivity contribution in [3.63, 3.8) is 0 Å². The van der Waals surface area contributed by atoms with Gasteiger partial charge >= 0.3 is 6.18 Å². The molecule has 0 saturated carbocycles. The van der Waals surface area contributed by atoms with E-state index in [1.165, 1.54) is 12.3 Å². The molecule has 0 fully saturated rings. The summed E-state index contributed by atoms with van der Waals surface area (Å²) in [5.74, 6) is -0.609. The Balaban J connectivity index is 2.40. The number of benzene rings is 1. The molecule has 0 unspecified atom stereocenters. The number of aromatic amines is 1. The van der Waals surface area contributed by atoms with Crippen molar-refractivity contribution in [1.29, 1.82) is 0 Å². The second-order valence-corrected chi connectivity index (χ2v) is 4.04. The fourth-order valence-corrected chi connectivity index (χ4v) is 1.65. The highest BCUT2D eigenvalue weighted by atomic mass is 19.4. The summed E-state index contributed by atoms with van der Waals surface area (Å²) in [5, 5.41) is 0. The van der Waals surface area contributed by atoms with Crippen molar-refractivity contribution in [2.24, 2.45) is 0 Å². The van der Waals surface area contributed by atoms with Gasteiger partial charge in [-0.1, -0.05) is 12.1 Å². The Kier molecular flexibility index (Phi) is 3.35. The van der Waals surface area contributed by atoms with Gasteiger partial charge in [0.15, 0.2) is 5.78 Å². The molecule has 0 spiro atoms. The molecule has 0 radical (unpaired) electrons. The number of ketones is 1. The van der Waals surface area contributed by atoms with Crippen molar-refractivity contribution in [2.45, 2.75) is 6.18 Å². The van der Waals surface area contributed by atoms with Crippen molar-refractivity contribution >= 4 is 11.5 Å². The zero-order chi connectivity index (χ0) is 14.9. The lowest BCUT2D eigenvalue weighted by Crippen LogP contribution is -2.17. The number of hydrogen-bond donors (Lipinski definition) is 2. The van der Waals surface area contributed by atoms with Gasteiger partial charge in [0.05, 0.1) is 11.1 Å². The number of nitrogen functional groups attached to an aromatic ring is 1. The zero-order valence-electron chi connectivity index (χ0n) is 9.99. The third-order valence-electron chi connectivity index (χ3n) is 2.72. The molecule has 0 bridgehead atoms. The molecule has 4 nitrogen and oxygen atoms in total. The van der Waals surface area contributed by atoms with Crippen LogP contribution in [0.15, 0.2) is 41.3 Å². The van der Waals surface area contributed by atoms with Crippen LogP contribution in [0.25, 0.3) is 0 Å². The maximum absolute atomic E-state index is 12.4. The summed E-state index contributed by atoms with van der Waals surface area (Å²) in [6, 6.07) is 5.00. The largest absolute Gasteiger partial charge is 0.416 e. The number of nitrogens with two attached hydrogens (primary N) is 1. The molecule has 0 aliphatic carbocycles. The lowest BCUT2D eigenvalue weighted by Gasteiger charge is -2.08. The van der Waals surface area contributed by atoms with Gasteiger partial charge in [-0.25, -0.2) is 0 Å². The Morgan fingerprint density at radius 1 is 1.10 bits per heavy atom. The molecular weight excluding hydrogens is 273 g/mol. The van der Waals surface area contributed by atoms with Gasteiger partial charge in [0, 0.05) is 11.8 Å². The van der Waals surface area contributed by atoms with Gasteiger partial charge < -0.3 is 10.7 Å². The highest BCUT2D eigenvalue weighted by Crippen LogP contribution is 2.29. The molecule has 1 heterocycles. The minimum atomic E-state index is -4.47. The lowest BCUT2D eigenvalue weighted by atomic mass is 10.0. The number of pyridine rings is 1. The first-order valence-electron chi connectivity index (χ1n) is 5.50. The zero-order valence-corrected chi connectivity index (χ0v) is 9.99. The van der Waals surface area contributed by atoms with E-state index in [-0.39, 0.29) is 16.8 Å². The summed E-state index contributed by atoms with van der Waals surface area (Å²) in [7, 11) is 0. The maximum atomic E-state index is 12.4. The molecule has 2 aromatic rings. The van der Waals surface area contributed by atoms with Crippen LogP contribution in [0.1, 0.15) is 21.5 Å². The smallest absolute Gasteiger partial charge is 0.394 e. The molecule has 1 aromatic carbocycles. The maximum Gasteiger partial charge on any atom is 0.416 e. The molecule has 2 rings (SSSR count). The van der Waals surface area contributed by atoms with Crippen molar-refractivity contribution in [2.75, 3.05) is 5.73 Å². The second-order valence-electron chi connectivity index (χ2n) is 4.04. The summed E-state index contributed by atoms with van der Waals surface area (Å²) in [4.78, 5) is 25.6. The Morgan fingerprint density at radius 2 is 1.70 bits per heavy atom. The second kappa shape index (κ2) is 4.84. The van der Waals surface area contributed by atoms with E-state index in [4.69, 9.17) is 5.73 Å². The van der Waals surface area contributed by atoms with Crippen LogP contribution < -0.4 is 11.3 Å². The average Bonchev–Trinajstić information content (AvgIpc) is 2.40. The first-order valence-corrected chi connectivity index (χ1v) is 5.50. The topological polar surface area (TPSA) is 76.0 Å². The molecule has 7 heteroatoms. The van der Waals surface area contributed by atoms with Crippen LogP contribution in [0.5, 0.6) is 0 Å². The number of carbonyl (C=O) groups excluding carboxylic acids is 1. The first-order chi connectivity index (χ1) is 9.30. The van der Waals surface area contributed by atoms with Crippen LogP contribution in [0.3, 0.4) is 0 Å². The minimum absolute atomic E-state index is 0.0234. The Morgan fingerprint density at radius 3 is 2.25 bits per heavy atom. The van der Waals surface area contributed by atoms with Crippen molar-refractivity contribution in [1.82, 2.24) is 4.98 Å². The highest BCUT2D eigenvalue weighted by molar-refractivity contribution is 6.11. The van der Waals surface area contributed by atoms with Crippen LogP contribution in [0.4, 0.5) is 18.9 Å². The van der Waals surface area contributed by atoms with E-state index in [0.717, 1.165) is 24.3 Å². The third-order valence-corrected chi connectivity index (χ3v) is 2.72. The highest BCUT2D eigenvalue weighted by Gasteiger charge is 2.30. The molecule has 1 aromatic heterocycles. The standard InChI is InChI=1S/C13H9F3N2O2/c14-13(15,16)8-3-1-7(2-4-8)11(19)9-5-6-18-12(20)10(9)17/h1-6H,17H2,(H,18,20). The number of nitrogens with one attached hydrogen (secondary N) is 1. The number of hydrogen-bond acceptors (Lipinski definition) is 3. The molecule has 0 aliphatic rings. The number of carbonyl (C=O) groups is 1. The predicted molar refractivity (Wildman–Crippen MR) is 66.4 cm³/mol. The SMILES string of the molecule is Nc1c(C(=O)c2ccc(C(F)(F)F)cc2)cc[nH]c1=O. The van der Waals surface area contributed by atoms with E-state index in [1.54, 1.807) is 0 Å². The van der Waals surface area contributed by atoms with Gasteiger partial charge in [0.1, 0.15) is 5.69 Å². The van der Waals surface area contributed by atoms with E-state index in [2.05, 4.69) is 4.98 Å². The number of rotatable bonds is 2. The van der Waals surface area contributed by atoms with Crippen molar-refractivity contribution < 1.29 is 18.0 Å². The van der Waals surface area contributed by atoms with E-state index in [0.29, 0.717) is 0 Å². The van der Waals surface area contributed by atoms with E-state index < -0.39 is 23.1 Å². The minimum Gasteiger partial charge on any atom is -0.394 e.